The van der Waals surface area contributed by atoms with Gasteiger partial charge in [0.05, 0.1) is 24.9 Å². The van der Waals surface area contributed by atoms with Gasteiger partial charge in [-0.3, -0.25) is 9.69 Å². The molecule has 0 spiro atoms. The van der Waals surface area contributed by atoms with Crippen LogP contribution in [0.2, 0.25) is 0 Å². The Balaban J connectivity index is 1.74. The van der Waals surface area contributed by atoms with Crippen molar-refractivity contribution in [2.75, 3.05) is 26.3 Å². The van der Waals surface area contributed by atoms with Crippen LogP contribution in [0.25, 0.3) is 0 Å². The van der Waals surface area contributed by atoms with Crippen LogP contribution in [0.5, 0.6) is 0 Å². The SMILES string of the molecule is Cc1nc(C2COCCN2CCc2ccccc2)cc(=O)[nH]1. The molecule has 1 saturated heterocycles. The van der Waals surface area contributed by atoms with Crippen LogP contribution in [0.1, 0.15) is 23.1 Å². The molecule has 0 saturated carbocycles. The third kappa shape index (κ3) is 3.61. The minimum absolute atomic E-state index is 0.0541. The average Bonchev–Trinajstić information content (AvgIpc) is 2.53. The van der Waals surface area contributed by atoms with Gasteiger partial charge in [-0.2, -0.15) is 0 Å². The molecular weight excluding hydrogens is 278 g/mol. The molecule has 2 aromatic rings. The number of hydrogen-bond acceptors (Lipinski definition) is 4. The molecule has 0 amide bonds. The first kappa shape index (κ1) is 14.9. The molecular formula is C17H21N3O2. The maximum absolute atomic E-state index is 11.7. The molecule has 1 aromatic heterocycles. The molecule has 1 fully saturated rings. The highest BCUT2D eigenvalue weighted by Gasteiger charge is 2.25. The van der Waals surface area contributed by atoms with Gasteiger partial charge >= 0.3 is 0 Å². The number of benzene rings is 1. The molecule has 5 nitrogen and oxygen atoms in total. The summed E-state index contributed by atoms with van der Waals surface area (Å²) < 4.78 is 5.60. The van der Waals surface area contributed by atoms with Crippen LogP contribution in [-0.2, 0) is 11.2 Å². The van der Waals surface area contributed by atoms with Crippen LogP contribution in [0.4, 0.5) is 0 Å². The summed E-state index contributed by atoms with van der Waals surface area (Å²) in [5.74, 6) is 0.649. The first-order valence-corrected chi connectivity index (χ1v) is 7.66. The fourth-order valence-electron chi connectivity index (χ4n) is 2.87. The van der Waals surface area contributed by atoms with E-state index in [1.54, 1.807) is 6.07 Å². The standard InChI is InChI=1S/C17H21N3O2/c1-13-18-15(11-17(21)19-13)16-12-22-10-9-20(16)8-7-14-5-3-2-4-6-14/h2-6,11,16H,7-10,12H2,1H3,(H,18,19,21). The second-order valence-electron chi connectivity index (χ2n) is 5.62. The van der Waals surface area contributed by atoms with Gasteiger partial charge in [-0.05, 0) is 18.9 Å². The van der Waals surface area contributed by atoms with Gasteiger partial charge in [0.2, 0.25) is 0 Å². The molecule has 0 bridgehead atoms. The Morgan fingerprint density at radius 3 is 2.95 bits per heavy atom. The van der Waals surface area contributed by atoms with Gasteiger partial charge in [0.15, 0.2) is 0 Å². The molecule has 5 heteroatoms. The monoisotopic (exact) mass is 299 g/mol. The van der Waals surface area contributed by atoms with E-state index in [2.05, 4.69) is 39.1 Å². The lowest BCUT2D eigenvalue weighted by Crippen LogP contribution is -2.41. The summed E-state index contributed by atoms with van der Waals surface area (Å²) in [6.45, 7) is 4.93. The number of aromatic nitrogens is 2. The second-order valence-corrected chi connectivity index (χ2v) is 5.62. The highest BCUT2D eigenvalue weighted by Crippen LogP contribution is 2.22. The lowest BCUT2D eigenvalue weighted by molar-refractivity contribution is -0.00951. The number of nitrogens with one attached hydrogen (secondary N) is 1. The Bertz CT molecular complexity index is 669. The molecule has 1 aromatic carbocycles. The molecule has 2 heterocycles. The Hall–Kier alpha value is -1.98. The van der Waals surface area contributed by atoms with E-state index in [9.17, 15) is 4.79 Å². The van der Waals surface area contributed by atoms with E-state index in [1.807, 2.05) is 13.0 Å². The smallest absolute Gasteiger partial charge is 0.251 e. The van der Waals surface area contributed by atoms with E-state index < -0.39 is 0 Å². The summed E-state index contributed by atoms with van der Waals surface area (Å²) in [7, 11) is 0. The summed E-state index contributed by atoms with van der Waals surface area (Å²) in [6.07, 6.45) is 0.986. The van der Waals surface area contributed by atoms with Crippen molar-refractivity contribution >= 4 is 0 Å². The summed E-state index contributed by atoms with van der Waals surface area (Å²) >= 11 is 0. The zero-order valence-corrected chi connectivity index (χ0v) is 12.8. The summed E-state index contributed by atoms with van der Waals surface area (Å²) in [4.78, 5) is 21.2. The number of hydrogen-bond donors (Lipinski definition) is 1. The van der Waals surface area contributed by atoms with Gasteiger partial charge < -0.3 is 9.72 Å². The summed E-state index contributed by atoms with van der Waals surface area (Å²) in [5.41, 5.74) is 2.02. The maximum Gasteiger partial charge on any atom is 0.251 e. The fourth-order valence-corrected chi connectivity index (χ4v) is 2.87. The van der Waals surface area contributed by atoms with Crippen molar-refractivity contribution in [3.05, 3.63) is 63.8 Å². The van der Waals surface area contributed by atoms with Gasteiger partial charge in [-0.1, -0.05) is 30.3 Å². The highest BCUT2D eigenvalue weighted by molar-refractivity contribution is 5.15. The maximum atomic E-state index is 11.7. The van der Waals surface area contributed by atoms with Crippen LogP contribution in [0.3, 0.4) is 0 Å². The lowest BCUT2D eigenvalue weighted by atomic mass is 10.1. The van der Waals surface area contributed by atoms with Crippen molar-refractivity contribution in [3.8, 4) is 0 Å². The molecule has 1 unspecified atom stereocenters. The molecule has 1 N–H and O–H groups in total. The molecule has 3 rings (SSSR count). The molecule has 1 atom stereocenters. The average molecular weight is 299 g/mol. The van der Waals surface area contributed by atoms with Crippen LogP contribution in [-0.4, -0.2) is 41.2 Å². The zero-order chi connectivity index (χ0) is 15.4. The number of H-pyrrole nitrogens is 1. The molecule has 1 aliphatic heterocycles. The number of rotatable bonds is 4. The third-order valence-corrected chi connectivity index (χ3v) is 3.99. The molecule has 22 heavy (non-hydrogen) atoms. The molecule has 1 aliphatic rings. The predicted molar refractivity (Wildman–Crippen MR) is 84.9 cm³/mol. The van der Waals surface area contributed by atoms with E-state index in [1.165, 1.54) is 5.56 Å². The first-order chi connectivity index (χ1) is 10.7. The minimum Gasteiger partial charge on any atom is -0.378 e. The summed E-state index contributed by atoms with van der Waals surface area (Å²) in [6, 6.07) is 12.1. The Kier molecular flexibility index (Phi) is 4.65. The minimum atomic E-state index is -0.101. The van der Waals surface area contributed by atoms with Crippen LogP contribution in [0.15, 0.2) is 41.2 Å². The predicted octanol–water partition coefficient (Wildman–Crippen LogP) is 1.69. The van der Waals surface area contributed by atoms with Crippen molar-refractivity contribution in [2.45, 2.75) is 19.4 Å². The highest BCUT2D eigenvalue weighted by atomic mass is 16.5. The first-order valence-electron chi connectivity index (χ1n) is 7.66. The molecule has 0 aliphatic carbocycles. The Morgan fingerprint density at radius 2 is 2.18 bits per heavy atom. The van der Waals surface area contributed by atoms with Crippen molar-refractivity contribution in [3.63, 3.8) is 0 Å². The summed E-state index contributed by atoms with van der Waals surface area (Å²) in [5, 5.41) is 0. The number of morpholine rings is 1. The van der Waals surface area contributed by atoms with Crippen molar-refractivity contribution < 1.29 is 4.74 Å². The van der Waals surface area contributed by atoms with Crippen molar-refractivity contribution in [1.29, 1.82) is 0 Å². The largest absolute Gasteiger partial charge is 0.378 e. The van der Waals surface area contributed by atoms with E-state index in [4.69, 9.17) is 4.74 Å². The van der Waals surface area contributed by atoms with Gasteiger partial charge in [-0.15, -0.1) is 0 Å². The van der Waals surface area contributed by atoms with Crippen LogP contribution < -0.4 is 5.56 Å². The topological polar surface area (TPSA) is 58.2 Å². The zero-order valence-electron chi connectivity index (χ0n) is 12.8. The van der Waals surface area contributed by atoms with E-state index in [0.29, 0.717) is 12.4 Å². The van der Waals surface area contributed by atoms with Crippen molar-refractivity contribution in [2.24, 2.45) is 0 Å². The fraction of sp³-hybridized carbons (Fsp3) is 0.412. The van der Waals surface area contributed by atoms with Crippen LogP contribution >= 0.6 is 0 Å². The van der Waals surface area contributed by atoms with Gasteiger partial charge in [0.25, 0.3) is 5.56 Å². The molecule has 116 valence electrons. The Morgan fingerprint density at radius 1 is 1.36 bits per heavy atom. The van der Waals surface area contributed by atoms with Crippen molar-refractivity contribution in [1.82, 2.24) is 14.9 Å². The quantitative estimate of drug-likeness (QED) is 0.933. The van der Waals surface area contributed by atoms with E-state index in [0.717, 1.165) is 31.8 Å². The van der Waals surface area contributed by atoms with Gasteiger partial charge in [-0.25, -0.2) is 4.98 Å². The van der Waals surface area contributed by atoms with Crippen LogP contribution in [0, 0.1) is 6.92 Å². The van der Waals surface area contributed by atoms with Gasteiger partial charge in [0.1, 0.15) is 5.82 Å². The lowest BCUT2D eigenvalue weighted by Gasteiger charge is -2.35. The number of nitrogens with zero attached hydrogens (tertiary/aromatic N) is 2. The second kappa shape index (κ2) is 6.85. The van der Waals surface area contributed by atoms with E-state index in [-0.39, 0.29) is 11.6 Å². The molecule has 0 radical (unpaired) electrons. The van der Waals surface area contributed by atoms with E-state index >= 15 is 0 Å². The normalized spacial score (nSPS) is 19.2. The third-order valence-electron chi connectivity index (χ3n) is 3.99. The number of aryl methyl sites for hydroxylation is 1. The number of ether oxygens (including phenoxy) is 1. The Labute approximate surface area is 130 Å². The van der Waals surface area contributed by atoms with Gasteiger partial charge in [0, 0.05) is 19.2 Å². The number of aromatic amines is 1.